The number of benzene rings is 1. The Bertz CT molecular complexity index is 584. The zero-order valence-corrected chi connectivity index (χ0v) is 12.3. The lowest BCUT2D eigenvalue weighted by molar-refractivity contribution is 0.102. The highest BCUT2D eigenvalue weighted by atomic mass is 79.9. The minimum Gasteiger partial charge on any atom is -0.398 e. The zero-order chi connectivity index (χ0) is 13.1. The van der Waals surface area contributed by atoms with Crippen molar-refractivity contribution >= 4 is 49.1 Å². The van der Waals surface area contributed by atoms with Gasteiger partial charge in [0.05, 0.1) is 11.9 Å². The number of carbonyl (C=O) groups excluding carboxylic acids is 1. The third-order valence-electron chi connectivity index (χ3n) is 2.24. The molecule has 3 N–H and O–H groups in total. The van der Waals surface area contributed by atoms with E-state index in [0.717, 1.165) is 4.47 Å². The Morgan fingerprint density at radius 1 is 1.22 bits per heavy atom. The van der Waals surface area contributed by atoms with Gasteiger partial charge in [-0.05, 0) is 62.2 Å². The van der Waals surface area contributed by atoms with Crippen LogP contribution in [-0.2, 0) is 0 Å². The van der Waals surface area contributed by atoms with E-state index in [1.54, 1.807) is 36.5 Å². The van der Waals surface area contributed by atoms with E-state index in [1.807, 2.05) is 0 Å². The first-order chi connectivity index (χ1) is 8.56. The van der Waals surface area contributed by atoms with Gasteiger partial charge in [-0.15, -0.1) is 0 Å². The molecule has 0 saturated carbocycles. The molecular weight excluding hydrogens is 362 g/mol. The quantitative estimate of drug-likeness (QED) is 0.628. The van der Waals surface area contributed by atoms with Crippen LogP contribution < -0.4 is 11.1 Å². The third-order valence-corrected chi connectivity index (χ3v) is 3.43. The van der Waals surface area contributed by atoms with Crippen LogP contribution in [0, 0.1) is 0 Å². The van der Waals surface area contributed by atoms with E-state index >= 15 is 0 Å². The summed E-state index contributed by atoms with van der Waals surface area (Å²) in [5, 5.41) is 2.74. The fourth-order valence-electron chi connectivity index (χ4n) is 1.34. The largest absolute Gasteiger partial charge is 0.398 e. The molecule has 2 rings (SSSR count). The molecule has 92 valence electrons. The monoisotopic (exact) mass is 369 g/mol. The van der Waals surface area contributed by atoms with E-state index in [1.165, 1.54) is 0 Å². The molecule has 0 atom stereocenters. The van der Waals surface area contributed by atoms with Crippen LogP contribution in [0.5, 0.6) is 0 Å². The van der Waals surface area contributed by atoms with Crippen molar-refractivity contribution in [1.82, 2.24) is 4.98 Å². The number of hydrogen-bond acceptors (Lipinski definition) is 3. The number of pyridine rings is 1. The number of hydrogen-bond donors (Lipinski definition) is 2. The highest BCUT2D eigenvalue weighted by molar-refractivity contribution is 9.10. The molecule has 18 heavy (non-hydrogen) atoms. The molecule has 0 fully saturated rings. The first-order valence-electron chi connectivity index (χ1n) is 5.04. The summed E-state index contributed by atoms with van der Waals surface area (Å²) >= 11 is 6.51. The minimum atomic E-state index is -0.224. The van der Waals surface area contributed by atoms with Gasteiger partial charge in [0.25, 0.3) is 5.91 Å². The summed E-state index contributed by atoms with van der Waals surface area (Å²) in [6, 6.07) is 8.57. The van der Waals surface area contributed by atoms with Crippen LogP contribution >= 0.6 is 31.9 Å². The Hall–Kier alpha value is -1.40. The molecule has 1 aromatic heterocycles. The van der Waals surface area contributed by atoms with E-state index in [-0.39, 0.29) is 5.91 Å². The number of nitrogens with one attached hydrogen (secondary N) is 1. The Morgan fingerprint density at radius 2 is 2.00 bits per heavy atom. The number of halogens is 2. The van der Waals surface area contributed by atoms with Gasteiger partial charge in [0, 0.05) is 15.7 Å². The number of aromatic nitrogens is 1. The zero-order valence-electron chi connectivity index (χ0n) is 9.15. The van der Waals surface area contributed by atoms with Crippen LogP contribution in [0.4, 0.5) is 11.4 Å². The first-order valence-corrected chi connectivity index (χ1v) is 6.63. The van der Waals surface area contributed by atoms with E-state index < -0.39 is 0 Å². The SMILES string of the molecule is Nc1cc(C(=O)Nc2ccc(Br)nc2)ccc1Br. The second-order valence-electron chi connectivity index (χ2n) is 3.56. The van der Waals surface area contributed by atoms with E-state index in [2.05, 4.69) is 42.2 Å². The van der Waals surface area contributed by atoms with Crippen molar-refractivity contribution in [2.45, 2.75) is 0 Å². The van der Waals surface area contributed by atoms with Crippen molar-refractivity contribution < 1.29 is 4.79 Å². The van der Waals surface area contributed by atoms with Crippen LogP contribution in [0.2, 0.25) is 0 Å². The van der Waals surface area contributed by atoms with Crippen LogP contribution in [0.1, 0.15) is 10.4 Å². The van der Waals surface area contributed by atoms with Gasteiger partial charge in [-0.3, -0.25) is 4.79 Å². The number of nitrogens with two attached hydrogens (primary N) is 1. The molecule has 0 aliphatic heterocycles. The van der Waals surface area contributed by atoms with Gasteiger partial charge in [-0.1, -0.05) is 0 Å². The van der Waals surface area contributed by atoms with Gasteiger partial charge in [0.15, 0.2) is 0 Å². The summed E-state index contributed by atoms with van der Waals surface area (Å²) in [5.74, 6) is -0.224. The molecule has 0 aliphatic carbocycles. The summed E-state index contributed by atoms with van der Waals surface area (Å²) in [5.41, 5.74) is 7.38. The topological polar surface area (TPSA) is 68.0 Å². The van der Waals surface area contributed by atoms with Gasteiger partial charge in [-0.2, -0.15) is 0 Å². The fourth-order valence-corrected chi connectivity index (χ4v) is 1.82. The maximum Gasteiger partial charge on any atom is 0.255 e. The van der Waals surface area contributed by atoms with Crippen molar-refractivity contribution in [3.63, 3.8) is 0 Å². The predicted molar refractivity (Wildman–Crippen MR) is 78.4 cm³/mol. The standard InChI is InChI=1S/C12H9Br2N3O/c13-9-3-1-7(5-10(9)15)12(18)17-8-2-4-11(14)16-6-8/h1-6H,15H2,(H,17,18). The van der Waals surface area contributed by atoms with Gasteiger partial charge in [0.2, 0.25) is 0 Å². The van der Waals surface area contributed by atoms with Crippen molar-refractivity contribution in [2.75, 3.05) is 11.1 Å². The third kappa shape index (κ3) is 3.08. The second kappa shape index (κ2) is 5.49. The molecule has 4 nitrogen and oxygen atoms in total. The molecule has 0 aliphatic rings. The number of rotatable bonds is 2. The van der Waals surface area contributed by atoms with Gasteiger partial charge >= 0.3 is 0 Å². The number of nitrogen functional groups attached to an aromatic ring is 1. The summed E-state index contributed by atoms with van der Waals surface area (Å²) in [7, 11) is 0. The molecule has 0 radical (unpaired) electrons. The number of nitrogens with zero attached hydrogens (tertiary/aromatic N) is 1. The van der Waals surface area contributed by atoms with Crippen molar-refractivity contribution in [3.05, 3.63) is 51.2 Å². The predicted octanol–water partition coefficient (Wildman–Crippen LogP) is 3.44. The van der Waals surface area contributed by atoms with E-state index in [4.69, 9.17) is 5.73 Å². The Kier molecular flexibility index (Phi) is 3.98. The van der Waals surface area contributed by atoms with Crippen LogP contribution in [0.25, 0.3) is 0 Å². The molecule has 0 spiro atoms. The summed E-state index contributed by atoms with van der Waals surface area (Å²) in [6.45, 7) is 0. The van der Waals surface area contributed by atoms with Gasteiger partial charge in [0.1, 0.15) is 4.60 Å². The molecule has 1 aromatic carbocycles. The summed E-state index contributed by atoms with van der Waals surface area (Å²) < 4.78 is 1.48. The molecule has 2 aromatic rings. The normalized spacial score (nSPS) is 10.1. The Morgan fingerprint density at radius 3 is 2.61 bits per heavy atom. The maximum atomic E-state index is 11.9. The van der Waals surface area contributed by atoms with Crippen molar-refractivity contribution in [2.24, 2.45) is 0 Å². The highest BCUT2D eigenvalue weighted by Crippen LogP contribution is 2.21. The molecule has 1 heterocycles. The van der Waals surface area contributed by atoms with Gasteiger partial charge < -0.3 is 11.1 Å². The lowest BCUT2D eigenvalue weighted by atomic mass is 10.2. The number of amides is 1. The average molecular weight is 371 g/mol. The average Bonchev–Trinajstić information content (AvgIpc) is 2.35. The molecule has 6 heteroatoms. The summed E-state index contributed by atoms with van der Waals surface area (Å²) in [4.78, 5) is 16.0. The number of anilines is 2. The number of carbonyl (C=O) groups is 1. The summed E-state index contributed by atoms with van der Waals surface area (Å²) in [6.07, 6.45) is 1.57. The van der Waals surface area contributed by atoms with E-state index in [9.17, 15) is 4.79 Å². The molecule has 0 bridgehead atoms. The fraction of sp³-hybridized carbons (Fsp3) is 0. The lowest BCUT2D eigenvalue weighted by Gasteiger charge is -2.06. The molecule has 0 saturated heterocycles. The van der Waals surface area contributed by atoms with Gasteiger partial charge in [-0.25, -0.2) is 4.98 Å². The second-order valence-corrected chi connectivity index (χ2v) is 5.23. The minimum absolute atomic E-state index is 0.224. The Balaban J connectivity index is 2.16. The van der Waals surface area contributed by atoms with E-state index in [0.29, 0.717) is 21.5 Å². The first kappa shape index (κ1) is 13.0. The highest BCUT2D eigenvalue weighted by Gasteiger charge is 2.07. The van der Waals surface area contributed by atoms with Crippen molar-refractivity contribution in [1.29, 1.82) is 0 Å². The molecular formula is C12H9Br2N3O. The smallest absolute Gasteiger partial charge is 0.255 e. The molecule has 1 amide bonds. The molecule has 0 unspecified atom stereocenters. The lowest BCUT2D eigenvalue weighted by Crippen LogP contribution is -2.12. The van der Waals surface area contributed by atoms with Crippen molar-refractivity contribution in [3.8, 4) is 0 Å². The van der Waals surface area contributed by atoms with Crippen LogP contribution in [0.15, 0.2) is 45.6 Å². The Labute approximate surface area is 121 Å². The van der Waals surface area contributed by atoms with Crippen LogP contribution in [0.3, 0.4) is 0 Å². The van der Waals surface area contributed by atoms with Crippen LogP contribution in [-0.4, -0.2) is 10.9 Å². The maximum absolute atomic E-state index is 11.9.